The molecule has 0 N–H and O–H groups in total. The highest BCUT2D eigenvalue weighted by Gasteiger charge is 2.33. The maximum absolute atomic E-state index is 13.7. The number of rotatable bonds is 9. The molecule has 0 bridgehead atoms. The molecule has 1 aromatic rings. The molecule has 0 heterocycles. The van der Waals surface area contributed by atoms with Crippen LogP contribution in [0.15, 0.2) is 33.2 Å². The Balaban J connectivity index is 3.42. The fraction of sp³-hybridized carbons (Fsp3) is 0.600. The molecule has 0 radical (unpaired) electrons. The molecule has 0 saturated heterocycles. The standard InChI is InChI=1S/C15H28NO5PSSi/c1-7-20-22(17,21-8-2)13-23(18,16-24(4,5)6)15-11-9-14(19-3)10-12-15/h9-12H,7-8,13H2,1-6H3. The first-order chi connectivity index (χ1) is 11.1. The van der Waals surface area contributed by atoms with Crippen LogP contribution in [0.25, 0.3) is 0 Å². The fourth-order valence-corrected chi connectivity index (χ4v) is 11.1. The van der Waals surface area contributed by atoms with Crippen LogP contribution in [0.2, 0.25) is 19.6 Å². The summed E-state index contributed by atoms with van der Waals surface area (Å²) in [5.41, 5.74) is -0.238. The molecular formula is C15H28NO5PSSi. The Morgan fingerprint density at radius 3 is 1.96 bits per heavy atom. The number of nitrogens with zero attached hydrogens (tertiary/aromatic N) is 1. The van der Waals surface area contributed by atoms with Crippen LogP contribution in [0.5, 0.6) is 5.75 Å². The van der Waals surface area contributed by atoms with Crippen molar-refractivity contribution in [1.82, 2.24) is 0 Å². The Labute approximate surface area is 146 Å². The normalized spacial score (nSPS) is 14.9. The van der Waals surface area contributed by atoms with E-state index < -0.39 is 25.6 Å². The molecule has 0 aromatic heterocycles. The highest BCUT2D eigenvalue weighted by atomic mass is 32.2. The van der Waals surface area contributed by atoms with Gasteiger partial charge in [0.2, 0.25) is 0 Å². The summed E-state index contributed by atoms with van der Waals surface area (Å²) in [4.78, 5) is 0.519. The Kier molecular flexibility index (Phi) is 7.68. The summed E-state index contributed by atoms with van der Waals surface area (Å²) in [5.74, 6) is 0.659. The SMILES string of the molecule is CCOP(=O)(CS(=O)(=N[Si](C)(C)C)c1ccc(OC)cc1)OCC. The highest BCUT2D eigenvalue weighted by Crippen LogP contribution is 2.50. The number of hydrogen-bond acceptors (Lipinski definition) is 6. The van der Waals surface area contributed by atoms with E-state index in [4.69, 9.17) is 13.8 Å². The van der Waals surface area contributed by atoms with Crippen LogP contribution in [0, 0.1) is 0 Å². The van der Waals surface area contributed by atoms with Gasteiger partial charge in [0, 0.05) is 4.90 Å². The van der Waals surface area contributed by atoms with Crippen molar-refractivity contribution in [1.29, 1.82) is 0 Å². The zero-order chi connectivity index (χ0) is 18.4. The maximum atomic E-state index is 13.7. The molecule has 0 fully saturated rings. The average molecular weight is 394 g/mol. The van der Waals surface area contributed by atoms with Crippen molar-refractivity contribution in [3.63, 3.8) is 0 Å². The Morgan fingerprint density at radius 2 is 1.58 bits per heavy atom. The van der Waals surface area contributed by atoms with E-state index in [-0.39, 0.29) is 18.7 Å². The van der Waals surface area contributed by atoms with Gasteiger partial charge >= 0.3 is 7.60 Å². The van der Waals surface area contributed by atoms with E-state index in [1.54, 1.807) is 45.2 Å². The van der Waals surface area contributed by atoms with Gasteiger partial charge in [0.15, 0.2) is 8.24 Å². The minimum absolute atomic E-state index is 0.225. The predicted molar refractivity (Wildman–Crippen MR) is 101 cm³/mol. The van der Waals surface area contributed by atoms with Crippen molar-refractivity contribution in [2.75, 3.05) is 25.8 Å². The summed E-state index contributed by atoms with van der Waals surface area (Å²) in [6, 6.07) is 6.85. The molecule has 6 nitrogen and oxygen atoms in total. The van der Waals surface area contributed by atoms with Crippen LogP contribution < -0.4 is 4.74 Å². The first-order valence-electron chi connectivity index (χ1n) is 7.85. The lowest BCUT2D eigenvalue weighted by Gasteiger charge is -2.22. The van der Waals surface area contributed by atoms with Crippen LogP contribution in [-0.2, 0) is 23.3 Å². The lowest BCUT2D eigenvalue weighted by molar-refractivity contribution is 0.224. The van der Waals surface area contributed by atoms with Crippen molar-refractivity contribution in [2.45, 2.75) is 38.4 Å². The van der Waals surface area contributed by atoms with Gasteiger partial charge in [-0.15, -0.1) is 0 Å². The highest BCUT2D eigenvalue weighted by molar-refractivity contribution is 8.00. The zero-order valence-corrected chi connectivity index (χ0v) is 18.0. The van der Waals surface area contributed by atoms with Gasteiger partial charge in [0.25, 0.3) is 0 Å². The third kappa shape index (κ3) is 6.33. The fourth-order valence-electron chi connectivity index (χ4n) is 2.11. The molecule has 0 aliphatic carbocycles. The average Bonchev–Trinajstić information content (AvgIpc) is 2.45. The van der Waals surface area contributed by atoms with Gasteiger partial charge < -0.3 is 13.8 Å². The van der Waals surface area contributed by atoms with Crippen LogP contribution in [0.4, 0.5) is 0 Å². The molecule has 138 valence electrons. The molecule has 1 unspecified atom stereocenters. The quantitative estimate of drug-likeness (QED) is 0.453. The second kappa shape index (κ2) is 8.63. The lowest BCUT2D eigenvalue weighted by atomic mass is 10.3. The van der Waals surface area contributed by atoms with Gasteiger partial charge in [0.1, 0.15) is 11.2 Å². The van der Waals surface area contributed by atoms with E-state index in [9.17, 15) is 8.77 Å². The molecular weight excluding hydrogens is 365 g/mol. The van der Waals surface area contributed by atoms with Crippen LogP contribution in [0.3, 0.4) is 0 Å². The maximum Gasteiger partial charge on any atom is 0.344 e. The van der Waals surface area contributed by atoms with E-state index >= 15 is 0 Å². The molecule has 24 heavy (non-hydrogen) atoms. The number of ether oxygens (including phenoxy) is 1. The predicted octanol–water partition coefficient (Wildman–Crippen LogP) is 4.58. The molecule has 0 spiro atoms. The van der Waals surface area contributed by atoms with Gasteiger partial charge in [-0.05, 0) is 57.8 Å². The summed E-state index contributed by atoms with van der Waals surface area (Å²) in [6.45, 7) is 9.88. The third-order valence-electron chi connectivity index (χ3n) is 2.83. The second-order valence-corrected chi connectivity index (χ2v) is 15.7. The molecule has 1 aromatic carbocycles. The van der Waals surface area contributed by atoms with Crippen molar-refractivity contribution < 1.29 is 22.6 Å². The van der Waals surface area contributed by atoms with Crippen molar-refractivity contribution in [3.05, 3.63) is 24.3 Å². The monoisotopic (exact) mass is 393 g/mol. The summed E-state index contributed by atoms with van der Waals surface area (Å²) in [5, 5.41) is 0. The minimum Gasteiger partial charge on any atom is -0.497 e. The number of hydrogen-bond donors (Lipinski definition) is 0. The Hall–Kier alpha value is -0.663. The Morgan fingerprint density at radius 1 is 1.08 bits per heavy atom. The molecule has 0 saturated carbocycles. The van der Waals surface area contributed by atoms with Gasteiger partial charge in [-0.2, -0.15) is 0 Å². The van der Waals surface area contributed by atoms with E-state index in [1.807, 2.05) is 19.6 Å². The van der Waals surface area contributed by atoms with Crippen molar-refractivity contribution >= 4 is 25.6 Å². The first kappa shape index (κ1) is 21.4. The van der Waals surface area contributed by atoms with E-state index in [2.05, 4.69) is 4.03 Å². The topological polar surface area (TPSA) is 74.2 Å². The van der Waals surface area contributed by atoms with Crippen LogP contribution >= 0.6 is 7.60 Å². The number of benzene rings is 1. The first-order valence-corrected chi connectivity index (χ1v) is 14.7. The molecule has 1 atom stereocenters. The summed E-state index contributed by atoms with van der Waals surface area (Å²) in [6.07, 6.45) is 0. The van der Waals surface area contributed by atoms with Crippen molar-refractivity contribution in [2.24, 2.45) is 4.03 Å². The van der Waals surface area contributed by atoms with Gasteiger partial charge in [-0.1, -0.05) is 0 Å². The van der Waals surface area contributed by atoms with Gasteiger partial charge in [-0.3, -0.25) is 8.59 Å². The molecule has 9 heteroatoms. The van der Waals surface area contributed by atoms with Crippen LogP contribution in [-0.4, -0.2) is 38.3 Å². The van der Waals surface area contributed by atoms with Crippen molar-refractivity contribution in [3.8, 4) is 5.75 Å². The van der Waals surface area contributed by atoms with Gasteiger partial charge in [-0.25, -0.2) is 4.21 Å². The largest absolute Gasteiger partial charge is 0.497 e. The smallest absolute Gasteiger partial charge is 0.344 e. The lowest BCUT2D eigenvalue weighted by Crippen LogP contribution is -2.22. The second-order valence-electron chi connectivity index (χ2n) is 6.15. The molecule has 0 amide bonds. The van der Waals surface area contributed by atoms with E-state index in [1.165, 1.54) is 0 Å². The molecule has 0 aliphatic rings. The van der Waals surface area contributed by atoms with E-state index in [0.717, 1.165) is 0 Å². The molecule has 1 rings (SSSR count). The van der Waals surface area contributed by atoms with Crippen LogP contribution in [0.1, 0.15) is 13.8 Å². The van der Waals surface area contributed by atoms with Gasteiger partial charge in [0.05, 0.1) is 30.1 Å². The Bertz CT molecular complexity index is 683. The zero-order valence-electron chi connectivity index (χ0n) is 15.3. The third-order valence-corrected chi connectivity index (χ3v) is 11.2. The molecule has 0 aliphatic heterocycles. The summed E-state index contributed by atoms with van der Waals surface area (Å²) >= 11 is 0. The number of methoxy groups -OCH3 is 1. The summed E-state index contributed by atoms with van der Waals surface area (Å²) in [7, 11) is -6.91. The minimum atomic E-state index is -3.49. The van der Waals surface area contributed by atoms with E-state index in [0.29, 0.717) is 10.6 Å². The summed E-state index contributed by atoms with van der Waals surface area (Å²) < 4.78 is 47.0.